The number of hydrogen-bond acceptors (Lipinski definition) is 3. The Morgan fingerprint density at radius 3 is 2.04 bits per heavy atom. The fourth-order valence-corrected chi connectivity index (χ4v) is 3.51. The Morgan fingerprint density at radius 1 is 1.00 bits per heavy atom. The molecule has 25 heavy (non-hydrogen) atoms. The maximum absolute atomic E-state index is 12.3. The smallest absolute Gasteiger partial charge is 0.327 e. The zero-order valence-electron chi connectivity index (χ0n) is 14.4. The molecule has 5 heteroatoms. The van der Waals surface area contributed by atoms with Crippen molar-refractivity contribution in [2.24, 2.45) is 0 Å². The zero-order chi connectivity index (χ0) is 18.3. The second-order valence-electron chi connectivity index (χ2n) is 6.38. The number of carbonyl (C=O) groups excluding carboxylic acids is 1. The molecule has 0 fully saturated rings. The molecule has 0 bridgehead atoms. The lowest BCUT2D eigenvalue weighted by atomic mass is 10.0. The standard InChI is InChI=1S/C20H23NO3S/c1-20(2,25-14-16-11-7-4-8-12-16)18(19(23)24)21-17(22)13-15-9-5-3-6-10-15/h3-12,18H,13-14H2,1-2H3,(H,21,22)(H,23,24)/t18-/m0/s1. The van der Waals surface area contributed by atoms with Gasteiger partial charge in [0.05, 0.1) is 6.42 Å². The average molecular weight is 357 g/mol. The van der Waals surface area contributed by atoms with Crippen molar-refractivity contribution in [1.82, 2.24) is 5.32 Å². The Labute approximate surface area is 152 Å². The first kappa shape index (κ1) is 19.1. The average Bonchev–Trinajstić information content (AvgIpc) is 2.59. The van der Waals surface area contributed by atoms with E-state index in [1.165, 1.54) is 11.8 Å². The SMILES string of the molecule is CC(C)(SCc1ccccc1)[C@@H](NC(=O)Cc1ccccc1)C(=O)O. The third kappa shape index (κ3) is 5.94. The van der Waals surface area contributed by atoms with Crippen LogP contribution in [-0.2, 0) is 21.8 Å². The van der Waals surface area contributed by atoms with Crippen molar-refractivity contribution in [2.75, 3.05) is 0 Å². The molecule has 132 valence electrons. The van der Waals surface area contributed by atoms with Crippen LogP contribution in [0.3, 0.4) is 0 Å². The first-order chi connectivity index (χ1) is 11.9. The van der Waals surface area contributed by atoms with Crippen molar-refractivity contribution < 1.29 is 14.7 Å². The van der Waals surface area contributed by atoms with E-state index in [9.17, 15) is 14.7 Å². The fourth-order valence-electron chi connectivity index (χ4n) is 2.45. The fraction of sp³-hybridized carbons (Fsp3) is 0.300. The van der Waals surface area contributed by atoms with Gasteiger partial charge in [-0.15, -0.1) is 11.8 Å². The monoisotopic (exact) mass is 357 g/mol. The van der Waals surface area contributed by atoms with Crippen molar-refractivity contribution in [3.63, 3.8) is 0 Å². The van der Waals surface area contributed by atoms with Gasteiger partial charge in [0, 0.05) is 10.5 Å². The highest BCUT2D eigenvalue weighted by molar-refractivity contribution is 7.99. The van der Waals surface area contributed by atoms with Gasteiger partial charge in [-0.05, 0) is 25.0 Å². The van der Waals surface area contributed by atoms with Crippen LogP contribution in [0.2, 0.25) is 0 Å². The highest BCUT2D eigenvalue weighted by Gasteiger charge is 2.37. The number of carboxylic acid groups (broad SMARTS) is 1. The van der Waals surface area contributed by atoms with E-state index < -0.39 is 16.8 Å². The summed E-state index contributed by atoms with van der Waals surface area (Å²) in [7, 11) is 0. The summed E-state index contributed by atoms with van der Waals surface area (Å²) in [5, 5.41) is 12.3. The third-order valence-corrected chi connectivity index (χ3v) is 5.37. The topological polar surface area (TPSA) is 66.4 Å². The van der Waals surface area contributed by atoms with Gasteiger partial charge in [-0.1, -0.05) is 60.7 Å². The molecule has 0 aromatic heterocycles. The Hall–Kier alpha value is -2.27. The molecule has 0 unspecified atom stereocenters. The van der Waals surface area contributed by atoms with E-state index in [0.717, 1.165) is 11.1 Å². The molecular weight excluding hydrogens is 334 g/mol. The predicted octanol–water partition coefficient (Wildman–Crippen LogP) is 3.51. The van der Waals surface area contributed by atoms with Crippen LogP contribution < -0.4 is 5.32 Å². The van der Waals surface area contributed by atoms with E-state index in [-0.39, 0.29) is 12.3 Å². The first-order valence-corrected chi connectivity index (χ1v) is 9.11. The van der Waals surface area contributed by atoms with Crippen LogP contribution in [0.25, 0.3) is 0 Å². The van der Waals surface area contributed by atoms with Gasteiger partial charge >= 0.3 is 5.97 Å². The van der Waals surface area contributed by atoms with Crippen LogP contribution in [-0.4, -0.2) is 27.8 Å². The van der Waals surface area contributed by atoms with Gasteiger partial charge in [0.2, 0.25) is 5.91 Å². The van der Waals surface area contributed by atoms with E-state index >= 15 is 0 Å². The summed E-state index contributed by atoms with van der Waals surface area (Å²) in [6, 6.07) is 18.2. The number of carboxylic acids is 1. The van der Waals surface area contributed by atoms with Gasteiger partial charge in [0.25, 0.3) is 0 Å². The summed E-state index contributed by atoms with van der Waals surface area (Å²) in [6.07, 6.45) is 0.171. The van der Waals surface area contributed by atoms with Gasteiger partial charge in [0.15, 0.2) is 0 Å². The number of aliphatic carboxylic acids is 1. The quantitative estimate of drug-likeness (QED) is 0.759. The van der Waals surface area contributed by atoms with Crippen LogP contribution in [0.15, 0.2) is 60.7 Å². The molecule has 2 aromatic rings. The second kappa shape index (κ2) is 8.72. The highest BCUT2D eigenvalue weighted by atomic mass is 32.2. The highest BCUT2D eigenvalue weighted by Crippen LogP contribution is 2.31. The molecule has 0 saturated carbocycles. The lowest BCUT2D eigenvalue weighted by Crippen LogP contribution is -2.52. The molecule has 1 atom stereocenters. The molecule has 2 aromatic carbocycles. The first-order valence-electron chi connectivity index (χ1n) is 8.12. The molecule has 0 aliphatic rings. The van der Waals surface area contributed by atoms with Crippen molar-refractivity contribution in [3.05, 3.63) is 71.8 Å². The van der Waals surface area contributed by atoms with Crippen LogP contribution in [0.5, 0.6) is 0 Å². The molecule has 4 nitrogen and oxygen atoms in total. The largest absolute Gasteiger partial charge is 0.480 e. The number of nitrogens with one attached hydrogen (secondary N) is 1. The molecule has 2 N–H and O–H groups in total. The maximum Gasteiger partial charge on any atom is 0.327 e. The lowest BCUT2D eigenvalue weighted by molar-refractivity contribution is -0.142. The summed E-state index contributed by atoms with van der Waals surface area (Å²) in [5.41, 5.74) is 1.99. The Kier molecular flexibility index (Phi) is 6.65. The molecule has 0 aliphatic heterocycles. The van der Waals surface area contributed by atoms with Crippen molar-refractivity contribution in [3.8, 4) is 0 Å². The minimum atomic E-state index is -1.02. The maximum atomic E-state index is 12.3. The molecule has 0 heterocycles. The number of amides is 1. The molecule has 0 aliphatic carbocycles. The van der Waals surface area contributed by atoms with Gasteiger partial charge in [-0.2, -0.15) is 0 Å². The molecule has 2 rings (SSSR count). The molecule has 0 saturated heterocycles. The summed E-state index contributed by atoms with van der Waals surface area (Å²) >= 11 is 1.52. The third-order valence-electron chi connectivity index (χ3n) is 3.91. The van der Waals surface area contributed by atoms with Crippen LogP contribution in [0.1, 0.15) is 25.0 Å². The minimum absolute atomic E-state index is 0.171. The lowest BCUT2D eigenvalue weighted by Gasteiger charge is -2.31. The Morgan fingerprint density at radius 2 is 1.52 bits per heavy atom. The summed E-state index contributed by atoms with van der Waals surface area (Å²) in [6.45, 7) is 3.70. The Bertz CT molecular complexity index is 701. The van der Waals surface area contributed by atoms with Crippen molar-refractivity contribution in [1.29, 1.82) is 0 Å². The normalized spacial score (nSPS) is 12.4. The number of carbonyl (C=O) groups is 2. The van der Waals surface area contributed by atoms with Crippen LogP contribution in [0.4, 0.5) is 0 Å². The van der Waals surface area contributed by atoms with E-state index in [0.29, 0.717) is 5.75 Å². The van der Waals surface area contributed by atoms with Gasteiger partial charge in [-0.3, -0.25) is 4.79 Å². The Balaban J connectivity index is 2.00. The van der Waals surface area contributed by atoms with E-state index in [1.54, 1.807) is 0 Å². The summed E-state index contributed by atoms with van der Waals surface area (Å²) < 4.78 is -0.645. The predicted molar refractivity (Wildman–Crippen MR) is 102 cm³/mol. The summed E-state index contributed by atoms with van der Waals surface area (Å²) in [5.74, 6) is -0.620. The minimum Gasteiger partial charge on any atom is -0.480 e. The molecule has 0 radical (unpaired) electrons. The van der Waals surface area contributed by atoms with Crippen LogP contribution in [0, 0.1) is 0 Å². The van der Waals surface area contributed by atoms with Crippen LogP contribution >= 0.6 is 11.8 Å². The number of hydrogen-bond donors (Lipinski definition) is 2. The van der Waals surface area contributed by atoms with Gasteiger partial charge in [-0.25, -0.2) is 4.79 Å². The van der Waals surface area contributed by atoms with Crippen molar-refractivity contribution in [2.45, 2.75) is 36.8 Å². The summed E-state index contributed by atoms with van der Waals surface area (Å²) in [4.78, 5) is 24.0. The number of rotatable bonds is 8. The number of benzene rings is 2. The molecule has 0 spiro atoms. The molecule has 1 amide bonds. The zero-order valence-corrected chi connectivity index (χ0v) is 15.3. The van der Waals surface area contributed by atoms with Gasteiger partial charge in [0.1, 0.15) is 6.04 Å². The van der Waals surface area contributed by atoms with E-state index in [1.807, 2.05) is 74.5 Å². The molecular formula is C20H23NO3S. The van der Waals surface area contributed by atoms with Gasteiger partial charge < -0.3 is 10.4 Å². The van der Waals surface area contributed by atoms with Crippen molar-refractivity contribution >= 4 is 23.6 Å². The second-order valence-corrected chi connectivity index (χ2v) is 8.01. The van der Waals surface area contributed by atoms with E-state index in [2.05, 4.69) is 5.32 Å². The van der Waals surface area contributed by atoms with E-state index in [4.69, 9.17) is 0 Å². The number of thioether (sulfide) groups is 1.